The molecule has 11 nitrogen and oxygen atoms in total. The minimum absolute atomic E-state index is 0.00233. The van der Waals surface area contributed by atoms with Crippen LogP contribution in [0.15, 0.2) is 52.1 Å². The second-order valence-electron chi connectivity index (χ2n) is 9.42. The Bertz CT molecular complexity index is 1430. The number of carbonyl (C=O) groups is 2. The number of benzene rings is 1. The minimum atomic E-state index is -3.35. The average Bonchev–Trinajstić information content (AvgIpc) is 3.51. The van der Waals surface area contributed by atoms with Crippen LogP contribution in [0.25, 0.3) is 0 Å². The fourth-order valence-electron chi connectivity index (χ4n) is 4.24. The Kier molecular flexibility index (Phi) is 8.35. The zero-order valence-corrected chi connectivity index (χ0v) is 23.7. The normalized spacial score (nSPS) is 18.6. The molecule has 0 bridgehead atoms. The van der Waals surface area contributed by atoms with Crippen LogP contribution in [0.5, 0.6) is 0 Å². The summed E-state index contributed by atoms with van der Waals surface area (Å²) < 4.78 is 25.2. The molecule has 5 rings (SSSR count). The fraction of sp³-hybridized carbons (Fsp3) is 0.400. The van der Waals surface area contributed by atoms with E-state index in [2.05, 4.69) is 25.3 Å². The third kappa shape index (κ3) is 6.69. The van der Waals surface area contributed by atoms with Gasteiger partial charge in [-0.1, -0.05) is 17.3 Å². The lowest BCUT2D eigenvalue weighted by Crippen LogP contribution is -2.50. The standard InChI is InChI=1S/C25H28N6O5S3/c1-17-13-30(9-10-31(17)16-32)14-19-12-27-25(38-19)28-24(33)23(29-36-15-22-26-8-11-37-22)18-2-4-20(5-3-18)39(34,35)21-6-7-21/h2-5,8,11-12,16-17,21H,6-7,9-10,13-15H2,1H3,(H,27,28,33)/b29-23+/t17-/m0/s1. The third-order valence-electron chi connectivity index (χ3n) is 6.51. The molecule has 1 aliphatic heterocycles. The van der Waals surface area contributed by atoms with Crippen molar-refractivity contribution in [3.63, 3.8) is 0 Å². The van der Waals surface area contributed by atoms with Crippen molar-refractivity contribution >= 4 is 55.7 Å². The largest absolute Gasteiger partial charge is 0.388 e. The lowest BCUT2D eigenvalue weighted by molar-refractivity contribution is -0.122. The Morgan fingerprint density at radius 3 is 2.69 bits per heavy atom. The zero-order valence-electron chi connectivity index (χ0n) is 21.2. The van der Waals surface area contributed by atoms with Gasteiger partial charge in [0.25, 0.3) is 5.91 Å². The number of piperazine rings is 1. The van der Waals surface area contributed by atoms with E-state index < -0.39 is 15.7 Å². The Hall–Kier alpha value is -3.20. The van der Waals surface area contributed by atoms with Gasteiger partial charge in [0.1, 0.15) is 5.01 Å². The summed E-state index contributed by atoms with van der Waals surface area (Å²) in [5.41, 5.74) is 0.415. The van der Waals surface area contributed by atoms with E-state index in [1.54, 1.807) is 29.4 Å². The highest BCUT2D eigenvalue weighted by Crippen LogP contribution is 2.33. The van der Waals surface area contributed by atoms with Crippen molar-refractivity contribution in [3.8, 4) is 0 Å². The van der Waals surface area contributed by atoms with Gasteiger partial charge in [0.15, 0.2) is 27.3 Å². The van der Waals surface area contributed by atoms with E-state index in [0.29, 0.717) is 41.6 Å². The molecule has 1 aliphatic carbocycles. The van der Waals surface area contributed by atoms with Gasteiger partial charge in [0.05, 0.1) is 10.1 Å². The van der Waals surface area contributed by atoms with Gasteiger partial charge in [0.2, 0.25) is 6.41 Å². The number of nitrogens with zero attached hydrogens (tertiary/aromatic N) is 5. The van der Waals surface area contributed by atoms with Crippen molar-refractivity contribution in [1.82, 2.24) is 19.8 Å². The first-order valence-electron chi connectivity index (χ1n) is 12.5. The van der Waals surface area contributed by atoms with E-state index in [9.17, 15) is 18.0 Å². The van der Waals surface area contributed by atoms with Crippen molar-refractivity contribution < 1.29 is 22.8 Å². The van der Waals surface area contributed by atoms with Gasteiger partial charge in [0, 0.05) is 60.4 Å². The number of carbonyl (C=O) groups excluding carboxylic acids is 2. The molecule has 1 saturated carbocycles. The first kappa shape index (κ1) is 27.4. The minimum Gasteiger partial charge on any atom is -0.388 e. The highest BCUT2D eigenvalue weighted by Gasteiger charge is 2.36. The summed E-state index contributed by atoms with van der Waals surface area (Å²) in [5, 5.41) is 9.49. The molecule has 0 unspecified atom stereocenters. The van der Waals surface area contributed by atoms with Crippen LogP contribution in [-0.4, -0.2) is 77.1 Å². The molecule has 2 aromatic heterocycles. The maximum atomic E-state index is 13.3. The molecule has 1 saturated heterocycles. The molecule has 14 heteroatoms. The smallest absolute Gasteiger partial charge is 0.280 e. The second kappa shape index (κ2) is 11.9. The second-order valence-corrected chi connectivity index (χ2v) is 13.7. The Morgan fingerprint density at radius 2 is 2.03 bits per heavy atom. The number of oxime groups is 1. The van der Waals surface area contributed by atoms with Gasteiger partial charge in [-0.3, -0.25) is 19.8 Å². The topological polar surface area (TPSA) is 134 Å². The van der Waals surface area contributed by atoms with E-state index in [0.717, 1.165) is 24.4 Å². The van der Waals surface area contributed by atoms with Gasteiger partial charge in [-0.25, -0.2) is 18.4 Å². The van der Waals surface area contributed by atoms with Gasteiger partial charge in [-0.05, 0) is 31.9 Å². The Morgan fingerprint density at radius 1 is 1.23 bits per heavy atom. The number of nitrogens with one attached hydrogen (secondary N) is 1. The molecule has 2 aliphatic rings. The van der Waals surface area contributed by atoms with Crippen LogP contribution in [0.4, 0.5) is 5.13 Å². The zero-order chi connectivity index (χ0) is 27.4. The van der Waals surface area contributed by atoms with Crippen molar-refractivity contribution in [2.45, 2.75) is 49.1 Å². The molecule has 2 fully saturated rings. The van der Waals surface area contributed by atoms with Crippen LogP contribution in [-0.2, 0) is 37.4 Å². The first-order chi connectivity index (χ1) is 18.8. The van der Waals surface area contributed by atoms with Crippen LogP contribution < -0.4 is 5.32 Å². The van der Waals surface area contributed by atoms with Crippen LogP contribution in [0.3, 0.4) is 0 Å². The summed E-state index contributed by atoms with van der Waals surface area (Å²) in [5.74, 6) is -0.527. The van der Waals surface area contributed by atoms with E-state index >= 15 is 0 Å². The van der Waals surface area contributed by atoms with E-state index in [4.69, 9.17) is 4.84 Å². The van der Waals surface area contributed by atoms with Crippen molar-refractivity contribution in [3.05, 3.63) is 57.5 Å². The Labute approximate surface area is 234 Å². The van der Waals surface area contributed by atoms with Crippen LogP contribution in [0.2, 0.25) is 0 Å². The average molecular weight is 589 g/mol. The van der Waals surface area contributed by atoms with Crippen LogP contribution in [0, 0.1) is 0 Å². The van der Waals surface area contributed by atoms with E-state index in [1.165, 1.54) is 34.8 Å². The van der Waals surface area contributed by atoms with E-state index in [-0.39, 0.29) is 28.5 Å². The molecule has 1 N–H and O–H groups in total. The quantitative estimate of drug-likeness (QED) is 0.205. The molecule has 1 aromatic carbocycles. The predicted molar refractivity (Wildman–Crippen MR) is 148 cm³/mol. The molecule has 39 heavy (non-hydrogen) atoms. The molecule has 206 valence electrons. The number of aromatic nitrogens is 2. The summed E-state index contributed by atoms with van der Waals surface area (Å²) in [7, 11) is -3.35. The number of sulfone groups is 1. The SMILES string of the molecule is C[C@H]1CN(Cc2cnc(NC(=O)/C(=N/OCc3nccs3)c3ccc(S(=O)(=O)C4CC4)cc3)s2)CCN1C=O. The maximum Gasteiger partial charge on any atom is 0.280 e. The molecule has 0 radical (unpaired) electrons. The van der Waals surface area contributed by atoms with Crippen LogP contribution >= 0.6 is 22.7 Å². The maximum absolute atomic E-state index is 13.3. The summed E-state index contributed by atoms with van der Waals surface area (Å²) in [6.07, 6.45) is 5.62. The van der Waals surface area contributed by atoms with Gasteiger partial charge in [-0.2, -0.15) is 0 Å². The third-order valence-corrected chi connectivity index (χ3v) is 10.4. The predicted octanol–water partition coefficient (Wildman–Crippen LogP) is 2.76. The lowest BCUT2D eigenvalue weighted by Gasteiger charge is -2.37. The van der Waals surface area contributed by atoms with Crippen LogP contribution in [0.1, 0.15) is 35.2 Å². The molecular weight excluding hydrogens is 561 g/mol. The van der Waals surface area contributed by atoms with Crippen molar-refractivity contribution in [2.75, 3.05) is 25.0 Å². The van der Waals surface area contributed by atoms with E-state index in [1.807, 2.05) is 12.3 Å². The first-order valence-corrected chi connectivity index (χ1v) is 15.7. The highest BCUT2D eigenvalue weighted by molar-refractivity contribution is 7.92. The number of anilines is 1. The molecule has 1 atom stereocenters. The number of hydrogen-bond donors (Lipinski definition) is 1. The summed E-state index contributed by atoms with van der Waals surface area (Å²) in [4.78, 5) is 43.6. The Balaban J connectivity index is 1.28. The summed E-state index contributed by atoms with van der Waals surface area (Å²) in [6.45, 7) is 4.98. The lowest BCUT2D eigenvalue weighted by atomic mass is 10.1. The number of thiazole rings is 2. The molecule has 0 spiro atoms. The molecular formula is C25H28N6O5S3. The van der Waals surface area contributed by atoms with Crippen molar-refractivity contribution in [2.24, 2.45) is 5.16 Å². The molecule has 3 aromatic rings. The number of hydrogen-bond acceptors (Lipinski definition) is 11. The van der Waals surface area contributed by atoms with Gasteiger partial charge in [-0.15, -0.1) is 22.7 Å². The summed E-state index contributed by atoms with van der Waals surface area (Å²) >= 11 is 2.77. The number of rotatable bonds is 11. The van der Waals surface area contributed by atoms with Gasteiger partial charge < -0.3 is 9.74 Å². The van der Waals surface area contributed by atoms with Gasteiger partial charge >= 0.3 is 0 Å². The molecule has 3 heterocycles. The highest BCUT2D eigenvalue weighted by atomic mass is 32.2. The van der Waals surface area contributed by atoms with Crippen molar-refractivity contribution in [1.29, 1.82) is 0 Å². The summed E-state index contributed by atoms with van der Waals surface area (Å²) in [6, 6.07) is 6.26. The molecule has 2 amide bonds. The number of amides is 2. The monoisotopic (exact) mass is 588 g/mol. The fourth-order valence-corrected chi connectivity index (χ4v) is 7.27.